The molecule has 0 bridgehead atoms. The molecule has 1 atom stereocenters. The van der Waals surface area contributed by atoms with Crippen LogP contribution in [-0.2, 0) is 4.79 Å². The van der Waals surface area contributed by atoms with Gasteiger partial charge in [0.25, 0.3) is 5.91 Å². The Morgan fingerprint density at radius 2 is 1.68 bits per heavy atom. The zero-order chi connectivity index (χ0) is 22.2. The molecule has 2 amide bonds. The Bertz CT molecular complexity index is 1040. The van der Waals surface area contributed by atoms with Crippen molar-refractivity contribution in [2.45, 2.75) is 17.1 Å². The molecule has 0 saturated heterocycles. The number of hydrogen-bond acceptors (Lipinski definition) is 6. The third-order valence-electron chi connectivity index (χ3n) is 4.36. The summed E-state index contributed by atoms with van der Waals surface area (Å²) in [4.78, 5) is 29.9. The third-order valence-corrected chi connectivity index (χ3v) is 5.47. The van der Waals surface area contributed by atoms with Gasteiger partial charge in [-0.1, -0.05) is 6.07 Å². The van der Waals surface area contributed by atoms with E-state index in [0.717, 1.165) is 4.90 Å². The standard InChI is InChI=1S/C23H23N3O4S/c1-15(22(27)26-21-6-4-5-13-24-21)31-18-10-8-17(9-11-18)25-23(28)16-7-12-19(29-2)20(14-16)30-3/h4-15H,1-3H3,(H,25,28)(H,24,26,27). The minimum Gasteiger partial charge on any atom is -0.493 e. The highest BCUT2D eigenvalue weighted by Crippen LogP contribution is 2.28. The van der Waals surface area contributed by atoms with Crippen molar-refractivity contribution in [3.8, 4) is 11.5 Å². The first-order valence-corrected chi connectivity index (χ1v) is 10.4. The number of pyridine rings is 1. The highest BCUT2D eigenvalue weighted by Gasteiger charge is 2.15. The highest BCUT2D eigenvalue weighted by atomic mass is 32.2. The van der Waals surface area contributed by atoms with Crippen LogP contribution >= 0.6 is 11.8 Å². The Balaban J connectivity index is 1.58. The summed E-state index contributed by atoms with van der Waals surface area (Å²) >= 11 is 1.42. The van der Waals surface area contributed by atoms with E-state index in [1.807, 2.05) is 25.1 Å². The van der Waals surface area contributed by atoms with Crippen LogP contribution in [0.1, 0.15) is 17.3 Å². The second-order valence-electron chi connectivity index (χ2n) is 6.51. The molecule has 8 heteroatoms. The summed E-state index contributed by atoms with van der Waals surface area (Å²) < 4.78 is 10.4. The zero-order valence-electron chi connectivity index (χ0n) is 17.4. The zero-order valence-corrected chi connectivity index (χ0v) is 18.2. The van der Waals surface area contributed by atoms with Crippen molar-refractivity contribution in [3.05, 3.63) is 72.4 Å². The van der Waals surface area contributed by atoms with Gasteiger partial charge >= 0.3 is 0 Å². The molecular formula is C23H23N3O4S. The molecule has 0 radical (unpaired) electrons. The van der Waals surface area contributed by atoms with Crippen molar-refractivity contribution >= 4 is 35.1 Å². The van der Waals surface area contributed by atoms with E-state index in [9.17, 15) is 9.59 Å². The second kappa shape index (κ2) is 10.5. The first kappa shape index (κ1) is 22.2. The fourth-order valence-corrected chi connectivity index (χ4v) is 3.59. The molecule has 7 nitrogen and oxygen atoms in total. The first-order valence-electron chi connectivity index (χ1n) is 9.52. The van der Waals surface area contributed by atoms with Crippen LogP contribution in [0.4, 0.5) is 11.5 Å². The largest absolute Gasteiger partial charge is 0.493 e. The van der Waals surface area contributed by atoms with E-state index < -0.39 is 0 Å². The molecule has 31 heavy (non-hydrogen) atoms. The van der Waals surface area contributed by atoms with Crippen molar-refractivity contribution in [1.29, 1.82) is 0 Å². The fraction of sp³-hybridized carbons (Fsp3) is 0.174. The van der Waals surface area contributed by atoms with E-state index >= 15 is 0 Å². The van der Waals surface area contributed by atoms with Crippen molar-refractivity contribution in [1.82, 2.24) is 4.98 Å². The Kier molecular flexibility index (Phi) is 7.50. The molecule has 0 aliphatic heterocycles. The van der Waals surface area contributed by atoms with Gasteiger partial charge in [-0.25, -0.2) is 4.98 Å². The normalized spacial score (nSPS) is 11.3. The number of methoxy groups -OCH3 is 2. The minimum atomic E-state index is -0.311. The van der Waals surface area contributed by atoms with Gasteiger partial charge in [-0.15, -0.1) is 11.8 Å². The lowest BCUT2D eigenvalue weighted by Crippen LogP contribution is -2.22. The van der Waals surface area contributed by atoms with Crippen LogP contribution in [0, 0.1) is 0 Å². The molecule has 3 rings (SSSR count). The molecule has 0 spiro atoms. The smallest absolute Gasteiger partial charge is 0.255 e. The lowest BCUT2D eigenvalue weighted by molar-refractivity contribution is -0.115. The summed E-state index contributed by atoms with van der Waals surface area (Å²) in [7, 11) is 3.06. The summed E-state index contributed by atoms with van der Waals surface area (Å²) in [5, 5.41) is 5.33. The number of ether oxygens (including phenoxy) is 2. The highest BCUT2D eigenvalue weighted by molar-refractivity contribution is 8.00. The Hall–Kier alpha value is -3.52. The molecule has 1 unspecified atom stereocenters. The average molecular weight is 438 g/mol. The predicted octanol–water partition coefficient (Wildman–Crippen LogP) is 4.47. The number of carbonyl (C=O) groups excluding carboxylic acids is 2. The Labute approximate surface area is 185 Å². The van der Waals surface area contributed by atoms with E-state index in [4.69, 9.17) is 9.47 Å². The van der Waals surface area contributed by atoms with Crippen LogP contribution in [0.15, 0.2) is 71.8 Å². The van der Waals surface area contributed by atoms with Crippen LogP contribution in [0.2, 0.25) is 0 Å². The van der Waals surface area contributed by atoms with Gasteiger partial charge in [0.1, 0.15) is 5.82 Å². The maximum absolute atomic E-state index is 12.5. The summed E-state index contributed by atoms with van der Waals surface area (Å²) in [6.07, 6.45) is 1.63. The van der Waals surface area contributed by atoms with Gasteiger partial charge in [-0.2, -0.15) is 0 Å². The van der Waals surface area contributed by atoms with Gasteiger partial charge in [0, 0.05) is 22.3 Å². The van der Waals surface area contributed by atoms with E-state index in [0.29, 0.717) is 28.6 Å². The number of rotatable bonds is 8. The van der Waals surface area contributed by atoms with Crippen molar-refractivity contribution in [3.63, 3.8) is 0 Å². The number of nitrogens with one attached hydrogen (secondary N) is 2. The van der Waals surface area contributed by atoms with Crippen LogP contribution in [-0.4, -0.2) is 36.3 Å². The lowest BCUT2D eigenvalue weighted by atomic mass is 10.2. The first-order chi connectivity index (χ1) is 15.0. The van der Waals surface area contributed by atoms with Gasteiger partial charge in [-0.05, 0) is 61.5 Å². The van der Waals surface area contributed by atoms with Crippen LogP contribution in [0.5, 0.6) is 11.5 Å². The number of aromatic nitrogens is 1. The third kappa shape index (κ3) is 5.99. The summed E-state index contributed by atoms with van der Waals surface area (Å²) in [5.41, 5.74) is 1.10. The van der Waals surface area contributed by atoms with E-state index in [1.165, 1.54) is 18.9 Å². The number of nitrogens with zero attached hydrogens (tertiary/aromatic N) is 1. The number of anilines is 2. The van der Waals surface area contributed by atoms with Crippen molar-refractivity contribution in [2.24, 2.45) is 0 Å². The Morgan fingerprint density at radius 3 is 2.32 bits per heavy atom. The molecule has 2 N–H and O–H groups in total. The quantitative estimate of drug-likeness (QED) is 0.506. The van der Waals surface area contributed by atoms with Crippen LogP contribution in [0.25, 0.3) is 0 Å². The molecule has 1 aromatic heterocycles. The maximum atomic E-state index is 12.5. The van der Waals surface area contributed by atoms with Crippen molar-refractivity contribution < 1.29 is 19.1 Å². The molecule has 160 valence electrons. The second-order valence-corrected chi connectivity index (χ2v) is 7.93. The number of amides is 2. The molecule has 1 heterocycles. The number of carbonyl (C=O) groups is 2. The van der Waals surface area contributed by atoms with Crippen molar-refractivity contribution in [2.75, 3.05) is 24.9 Å². The predicted molar refractivity (Wildman–Crippen MR) is 122 cm³/mol. The van der Waals surface area contributed by atoms with Gasteiger partial charge in [0.2, 0.25) is 5.91 Å². The molecule has 2 aromatic carbocycles. The van der Waals surface area contributed by atoms with E-state index in [-0.39, 0.29) is 17.1 Å². The molecular weight excluding hydrogens is 414 g/mol. The van der Waals surface area contributed by atoms with E-state index in [1.54, 1.807) is 55.8 Å². The molecule has 0 aliphatic rings. The van der Waals surface area contributed by atoms with Crippen LogP contribution in [0.3, 0.4) is 0 Å². The minimum absolute atomic E-state index is 0.130. The molecule has 0 aliphatic carbocycles. The number of hydrogen-bond donors (Lipinski definition) is 2. The fourth-order valence-electron chi connectivity index (χ4n) is 2.72. The topological polar surface area (TPSA) is 89.5 Å². The number of benzene rings is 2. The summed E-state index contributed by atoms with van der Waals surface area (Å²) in [5.74, 6) is 1.17. The van der Waals surface area contributed by atoms with E-state index in [2.05, 4.69) is 15.6 Å². The Morgan fingerprint density at radius 1 is 0.935 bits per heavy atom. The summed E-state index contributed by atoms with van der Waals surface area (Å²) in [6, 6.07) is 17.6. The molecule has 0 saturated carbocycles. The van der Waals surface area contributed by atoms with Crippen LogP contribution < -0.4 is 20.1 Å². The monoisotopic (exact) mass is 437 g/mol. The number of thioether (sulfide) groups is 1. The average Bonchev–Trinajstić information content (AvgIpc) is 2.80. The summed E-state index contributed by atoms with van der Waals surface area (Å²) in [6.45, 7) is 1.83. The van der Waals surface area contributed by atoms with Gasteiger partial charge < -0.3 is 20.1 Å². The van der Waals surface area contributed by atoms with Gasteiger partial charge in [0.15, 0.2) is 11.5 Å². The van der Waals surface area contributed by atoms with Gasteiger partial charge in [0.05, 0.1) is 19.5 Å². The SMILES string of the molecule is COc1ccc(C(=O)Nc2ccc(SC(C)C(=O)Nc3ccccn3)cc2)cc1OC. The molecule has 0 fully saturated rings. The lowest BCUT2D eigenvalue weighted by Gasteiger charge is -2.12. The maximum Gasteiger partial charge on any atom is 0.255 e. The van der Waals surface area contributed by atoms with Gasteiger partial charge in [-0.3, -0.25) is 9.59 Å². The molecule has 3 aromatic rings.